The topological polar surface area (TPSA) is 46.9 Å². The van der Waals surface area contributed by atoms with Gasteiger partial charge in [0.2, 0.25) is 5.91 Å². The average Bonchev–Trinajstić information content (AvgIpc) is 2.95. The minimum Gasteiger partial charge on any atom is -0.310 e. The minimum absolute atomic E-state index is 0.00374. The first-order chi connectivity index (χ1) is 10.5. The monoisotopic (exact) mass is 317 g/mol. The molecule has 0 spiro atoms. The number of anilines is 1. The van der Waals surface area contributed by atoms with Gasteiger partial charge in [-0.2, -0.15) is 5.10 Å². The Morgan fingerprint density at radius 3 is 2.86 bits per heavy atom. The van der Waals surface area contributed by atoms with Crippen molar-refractivity contribution in [3.8, 4) is 0 Å². The maximum Gasteiger partial charge on any atom is 0.235 e. The summed E-state index contributed by atoms with van der Waals surface area (Å²) in [5, 5.41) is 7.23. The molecule has 0 saturated carbocycles. The van der Waals surface area contributed by atoms with E-state index in [1.807, 2.05) is 10.7 Å². The molecule has 2 aromatic rings. The number of benzene rings is 1. The van der Waals surface area contributed by atoms with Crippen molar-refractivity contribution in [2.45, 2.75) is 45.1 Å². The fourth-order valence-electron chi connectivity index (χ4n) is 2.12. The van der Waals surface area contributed by atoms with Crippen molar-refractivity contribution in [1.29, 1.82) is 0 Å². The second-order valence-corrected chi connectivity index (χ2v) is 6.54. The van der Waals surface area contributed by atoms with Gasteiger partial charge < -0.3 is 5.32 Å². The predicted octanol–water partition coefficient (Wildman–Crippen LogP) is 4.20. The highest BCUT2D eigenvalue weighted by atomic mass is 32.2. The summed E-state index contributed by atoms with van der Waals surface area (Å²) in [7, 11) is 0. The number of nitrogens with zero attached hydrogens (tertiary/aromatic N) is 2. The van der Waals surface area contributed by atoms with E-state index in [0.717, 1.165) is 17.1 Å². The van der Waals surface area contributed by atoms with E-state index in [9.17, 15) is 4.79 Å². The van der Waals surface area contributed by atoms with Crippen LogP contribution in [0.1, 0.15) is 37.4 Å². The van der Waals surface area contributed by atoms with Gasteiger partial charge in [0.05, 0.1) is 18.0 Å². The van der Waals surface area contributed by atoms with Crippen LogP contribution in [-0.4, -0.2) is 21.4 Å². The molecule has 5 heteroatoms. The molecule has 1 atom stereocenters. The number of carbonyl (C=O) groups is 1. The van der Waals surface area contributed by atoms with E-state index < -0.39 is 0 Å². The zero-order valence-corrected chi connectivity index (χ0v) is 14.4. The number of aryl methyl sites for hydroxylation is 2. The Morgan fingerprint density at radius 1 is 1.36 bits per heavy atom. The van der Waals surface area contributed by atoms with Crippen molar-refractivity contribution >= 4 is 23.5 Å². The quantitative estimate of drug-likeness (QED) is 0.812. The zero-order valence-electron chi connectivity index (χ0n) is 13.6. The van der Waals surface area contributed by atoms with Crippen LogP contribution in [0.15, 0.2) is 35.4 Å². The van der Waals surface area contributed by atoms with Crippen LogP contribution in [0.4, 0.5) is 5.82 Å². The number of rotatable bonds is 6. The number of carbonyl (C=O) groups excluding carboxylic acids is 1. The fraction of sp³-hybridized carbons (Fsp3) is 0.412. The third-order valence-corrected chi connectivity index (χ3v) is 4.81. The Bertz CT molecular complexity index is 651. The summed E-state index contributed by atoms with van der Waals surface area (Å²) in [4.78, 5) is 13.3. The molecule has 0 fully saturated rings. The van der Waals surface area contributed by atoms with Crippen LogP contribution in [0.3, 0.4) is 0 Å². The fourth-order valence-corrected chi connectivity index (χ4v) is 3.05. The van der Waals surface area contributed by atoms with Crippen LogP contribution in [0.2, 0.25) is 0 Å². The van der Waals surface area contributed by atoms with Crippen LogP contribution in [-0.2, 0) is 4.79 Å². The third-order valence-electron chi connectivity index (χ3n) is 3.65. The zero-order chi connectivity index (χ0) is 16.1. The molecule has 4 nitrogen and oxygen atoms in total. The SMILES string of the molecule is CCC(C)n1nccc1NC(=O)CSc1cc(C)ccc1C. The molecule has 1 amide bonds. The standard InChI is InChI=1S/C17H23N3OS/c1-5-14(4)20-16(8-9-18-20)19-17(21)11-22-15-10-12(2)6-7-13(15)3/h6-10,14H,5,11H2,1-4H3,(H,19,21). The highest BCUT2D eigenvalue weighted by Crippen LogP contribution is 2.24. The van der Waals surface area contributed by atoms with E-state index in [0.29, 0.717) is 5.75 Å². The molecule has 1 heterocycles. The normalized spacial score (nSPS) is 12.2. The van der Waals surface area contributed by atoms with Crippen molar-refractivity contribution in [3.63, 3.8) is 0 Å². The molecular formula is C17H23N3OS. The molecule has 1 aromatic carbocycles. The Labute approximate surface area is 136 Å². The summed E-state index contributed by atoms with van der Waals surface area (Å²) in [6.07, 6.45) is 2.70. The molecule has 22 heavy (non-hydrogen) atoms. The van der Waals surface area contributed by atoms with E-state index >= 15 is 0 Å². The second kappa shape index (κ2) is 7.49. The summed E-state index contributed by atoms with van der Waals surface area (Å²) in [5.74, 6) is 1.16. The number of amides is 1. The third kappa shape index (κ3) is 4.13. The number of thioether (sulfide) groups is 1. The van der Waals surface area contributed by atoms with Crippen LogP contribution >= 0.6 is 11.8 Å². The molecule has 0 saturated heterocycles. The summed E-state index contributed by atoms with van der Waals surface area (Å²) in [5.41, 5.74) is 2.41. The molecule has 0 aliphatic rings. The van der Waals surface area contributed by atoms with Crippen molar-refractivity contribution < 1.29 is 4.79 Å². The molecule has 0 bridgehead atoms. The molecule has 1 unspecified atom stereocenters. The van der Waals surface area contributed by atoms with E-state index in [1.165, 1.54) is 11.1 Å². The second-order valence-electron chi connectivity index (χ2n) is 5.52. The first-order valence-electron chi connectivity index (χ1n) is 7.54. The van der Waals surface area contributed by atoms with E-state index in [-0.39, 0.29) is 11.9 Å². The predicted molar refractivity (Wildman–Crippen MR) is 92.5 cm³/mol. The lowest BCUT2D eigenvalue weighted by Crippen LogP contribution is -2.18. The van der Waals surface area contributed by atoms with Gasteiger partial charge in [-0.1, -0.05) is 24.6 Å². The molecular weight excluding hydrogens is 294 g/mol. The molecule has 1 aromatic heterocycles. The number of hydrogen-bond acceptors (Lipinski definition) is 3. The van der Waals surface area contributed by atoms with E-state index in [4.69, 9.17) is 0 Å². The van der Waals surface area contributed by atoms with Crippen LogP contribution in [0.25, 0.3) is 0 Å². The first-order valence-corrected chi connectivity index (χ1v) is 8.53. The van der Waals surface area contributed by atoms with Crippen molar-refractivity contribution in [3.05, 3.63) is 41.6 Å². The van der Waals surface area contributed by atoms with Gasteiger partial charge in [-0.05, 0) is 38.8 Å². The Kier molecular flexibility index (Phi) is 5.66. The summed E-state index contributed by atoms with van der Waals surface area (Å²) < 4.78 is 1.86. The molecule has 2 rings (SSSR count). The highest BCUT2D eigenvalue weighted by Gasteiger charge is 2.12. The number of hydrogen-bond donors (Lipinski definition) is 1. The lowest BCUT2D eigenvalue weighted by molar-refractivity contribution is -0.113. The minimum atomic E-state index is -0.00374. The van der Waals surface area contributed by atoms with Crippen LogP contribution < -0.4 is 5.32 Å². The largest absolute Gasteiger partial charge is 0.310 e. The molecule has 0 aliphatic carbocycles. The van der Waals surface area contributed by atoms with Gasteiger partial charge in [0.25, 0.3) is 0 Å². The maximum absolute atomic E-state index is 12.2. The lowest BCUT2D eigenvalue weighted by atomic mass is 10.2. The number of aromatic nitrogens is 2. The maximum atomic E-state index is 12.2. The van der Waals surface area contributed by atoms with Gasteiger partial charge in [-0.3, -0.25) is 4.79 Å². The highest BCUT2D eigenvalue weighted by molar-refractivity contribution is 8.00. The van der Waals surface area contributed by atoms with Gasteiger partial charge in [0, 0.05) is 11.0 Å². The first kappa shape index (κ1) is 16.6. The van der Waals surface area contributed by atoms with Crippen molar-refractivity contribution in [2.24, 2.45) is 0 Å². The molecule has 118 valence electrons. The van der Waals surface area contributed by atoms with Gasteiger partial charge in [-0.15, -0.1) is 11.8 Å². The van der Waals surface area contributed by atoms with Gasteiger partial charge in [0.1, 0.15) is 5.82 Å². The van der Waals surface area contributed by atoms with Crippen molar-refractivity contribution in [1.82, 2.24) is 9.78 Å². The lowest BCUT2D eigenvalue weighted by Gasteiger charge is -2.14. The Morgan fingerprint density at radius 2 is 2.14 bits per heavy atom. The van der Waals surface area contributed by atoms with E-state index in [1.54, 1.807) is 18.0 Å². The van der Waals surface area contributed by atoms with Gasteiger partial charge in [0.15, 0.2) is 0 Å². The number of nitrogens with one attached hydrogen (secondary N) is 1. The molecule has 0 radical (unpaired) electrons. The van der Waals surface area contributed by atoms with Gasteiger partial charge in [-0.25, -0.2) is 4.68 Å². The summed E-state index contributed by atoms with van der Waals surface area (Å²) >= 11 is 1.57. The summed E-state index contributed by atoms with van der Waals surface area (Å²) in [6.45, 7) is 8.33. The molecule has 0 aliphatic heterocycles. The Hall–Kier alpha value is -1.75. The van der Waals surface area contributed by atoms with Gasteiger partial charge >= 0.3 is 0 Å². The summed E-state index contributed by atoms with van der Waals surface area (Å²) in [6, 6.07) is 8.41. The Balaban J connectivity index is 1.96. The van der Waals surface area contributed by atoms with Crippen LogP contribution in [0.5, 0.6) is 0 Å². The molecule has 1 N–H and O–H groups in total. The average molecular weight is 317 g/mol. The van der Waals surface area contributed by atoms with Crippen LogP contribution in [0, 0.1) is 13.8 Å². The smallest absolute Gasteiger partial charge is 0.235 e. The van der Waals surface area contributed by atoms with Crippen molar-refractivity contribution in [2.75, 3.05) is 11.1 Å². The van der Waals surface area contributed by atoms with E-state index in [2.05, 4.69) is 56.3 Å².